The molecule has 0 N–H and O–H groups in total. The molecule has 0 bridgehead atoms. The standard InChI is InChI=1S/C23H19F8NO3S/c1-13(33)32-11-10-20(36(34,35)17-6-4-16(24)5-7-17)18-8-3-15(12-14(18)2-9-19(20)32)21(25,22(26,27)28)23(29,30)31/h3-8,12,19H,2,9-11H2,1H3/t19-,20-/m1/s1. The summed E-state index contributed by atoms with van der Waals surface area (Å²) in [5, 5.41) is 0. The molecule has 2 atom stereocenters. The molecule has 0 radical (unpaired) electrons. The van der Waals surface area contributed by atoms with Crippen molar-refractivity contribution in [3.63, 3.8) is 0 Å². The molecule has 196 valence electrons. The second kappa shape index (κ2) is 8.15. The molecule has 2 aromatic rings. The highest BCUT2D eigenvalue weighted by molar-refractivity contribution is 7.92. The van der Waals surface area contributed by atoms with E-state index in [1.807, 2.05) is 0 Å². The lowest BCUT2D eigenvalue weighted by Crippen LogP contribution is -2.52. The van der Waals surface area contributed by atoms with Crippen molar-refractivity contribution in [1.82, 2.24) is 4.90 Å². The molecule has 2 aliphatic rings. The summed E-state index contributed by atoms with van der Waals surface area (Å²) in [4.78, 5) is 13.2. The van der Waals surface area contributed by atoms with Crippen molar-refractivity contribution in [2.75, 3.05) is 6.54 Å². The second-order valence-corrected chi connectivity index (χ2v) is 11.1. The average Bonchev–Trinajstić information content (AvgIpc) is 3.19. The van der Waals surface area contributed by atoms with Crippen molar-refractivity contribution in [1.29, 1.82) is 0 Å². The Hall–Kier alpha value is -2.70. The van der Waals surface area contributed by atoms with Crippen LogP contribution in [0.1, 0.15) is 36.5 Å². The Labute approximate surface area is 200 Å². The molecule has 0 saturated carbocycles. The summed E-state index contributed by atoms with van der Waals surface area (Å²) in [6.07, 6.45) is -13.2. The third kappa shape index (κ3) is 3.52. The van der Waals surface area contributed by atoms with E-state index in [0.29, 0.717) is 12.1 Å². The minimum Gasteiger partial charge on any atom is -0.338 e. The molecule has 36 heavy (non-hydrogen) atoms. The highest BCUT2D eigenvalue weighted by atomic mass is 32.2. The minimum absolute atomic E-state index is 0.0419. The van der Waals surface area contributed by atoms with Crippen molar-refractivity contribution in [3.05, 3.63) is 65.0 Å². The van der Waals surface area contributed by atoms with Gasteiger partial charge >= 0.3 is 18.0 Å². The fraction of sp³-hybridized carbons (Fsp3) is 0.435. The van der Waals surface area contributed by atoms with Gasteiger partial charge in [0, 0.05) is 19.0 Å². The van der Waals surface area contributed by atoms with Gasteiger partial charge in [0.2, 0.25) is 5.91 Å². The van der Waals surface area contributed by atoms with Crippen LogP contribution in [0.4, 0.5) is 35.1 Å². The van der Waals surface area contributed by atoms with Crippen molar-refractivity contribution < 1.29 is 48.3 Å². The van der Waals surface area contributed by atoms with E-state index in [2.05, 4.69) is 0 Å². The summed E-state index contributed by atoms with van der Waals surface area (Å²) < 4.78 is 134. The van der Waals surface area contributed by atoms with Crippen LogP contribution in [0.3, 0.4) is 0 Å². The largest absolute Gasteiger partial charge is 0.435 e. The maximum atomic E-state index is 14.7. The van der Waals surface area contributed by atoms with Gasteiger partial charge in [0.25, 0.3) is 0 Å². The number of halogens is 8. The van der Waals surface area contributed by atoms with Crippen LogP contribution in [0.15, 0.2) is 47.4 Å². The van der Waals surface area contributed by atoms with Gasteiger partial charge in [-0.3, -0.25) is 4.79 Å². The Morgan fingerprint density at radius 2 is 1.56 bits per heavy atom. The Bertz CT molecular complexity index is 1290. The van der Waals surface area contributed by atoms with Crippen LogP contribution in [0.2, 0.25) is 0 Å². The van der Waals surface area contributed by atoms with Crippen LogP contribution in [-0.4, -0.2) is 44.2 Å². The van der Waals surface area contributed by atoms with Gasteiger partial charge in [-0.25, -0.2) is 17.2 Å². The minimum atomic E-state index is -6.33. The zero-order valence-corrected chi connectivity index (χ0v) is 19.4. The first-order chi connectivity index (χ1) is 16.5. The zero-order valence-electron chi connectivity index (χ0n) is 18.6. The fourth-order valence-electron chi connectivity index (χ4n) is 5.43. The summed E-state index contributed by atoms with van der Waals surface area (Å²) in [6, 6.07) is 4.27. The predicted molar refractivity (Wildman–Crippen MR) is 111 cm³/mol. The number of aryl methyl sites for hydroxylation is 1. The third-order valence-corrected chi connectivity index (χ3v) is 9.62. The van der Waals surface area contributed by atoms with Gasteiger partial charge in [0.15, 0.2) is 9.84 Å². The van der Waals surface area contributed by atoms with Crippen LogP contribution < -0.4 is 0 Å². The van der Waals surface area contributed by atoms with Crippen LogP contribution >= 0.6 is 0 Å². The summed E-state index contributed by atoms with van der Waals surface area (Å²) in [5.41, 5.74) is -7.69. The number of fused-ring (bicyclic) bond motifs is 3. The molecule has 0 spiro atoms. The number of amides is 1. The van der Waals surface area contributed by atoms with Crippen LogP contribution in [-0.2, 0) is 31.5 Å². The fourth-order valence-corrected chi connectivity index (χ4v) is 7.80. The lowest BCUT2D eigenvalue weighted by atomic mass is 9.77. The SMILES string of the molecule is CC(=O)N1CC[C@@]2(S(=O)(=O)c3ccc(F)cc3)c3ccc(C(F)(C(F)(F)F)C(F)(F)F)cc3CC[C@@H]12. The van der Waals surface area contributed by atoms with Gasteiger partial charge in [-0.2, -0.15) is 26.3 Å². The van der Waals surface area contributed by atoms with Gasteiger partial charge in [-0.05, 0) is 54.7 Å². The average molecular weight is 541 g/mol. The molecular formula is C23H19F8NO3S. The molecule has 4 nitrogen and oxygen atoms in total. The topological polar surface area (TPSA) is 54.5 Å². The van der Waals surface area contributed by atoms with Crippen LogP contribution in [0, 0.1) is 5.82 Å². The second-order valence-electron chi connectivity index (χ2n) is 8.89. The molecule has 2 aromatic carbocycles. The zero-order chi connectivity index (χ0) is 26.9. The number of benzene rings is 2. The normalized spacial score (nSPS) is 22.8. The van der Waals surface area contributed by atoms with Gasteiger partial charge in [0.1, 0.15) is 10.6 Å². The highest BCUT2D eigenvalue weighted by Gasteiger charge is 2.73. The Morgan fingerprint density at radius 1 is 0.972 bits per heavy atom. The van der Waals surface area contributed by atoms with Crippen molar-refractivity contribution in [2.24, 2.45) is 0 Å². The molecule has 13 heteroatoms. The first kappa shape index (κ1) is 26.4. The Kier molecular flexibility index (Phi) is 5.97. The molecule has 1 aliphatic carbocycles. The third-order valence-electron chi connectivity index (χ3n) is 7.07. The number of hydrogen-bond donors (Lipinski definition) is 0. The number of carbonyl (C=O) groups excluding carboxylic acids is 1. The first-order valence-corrected chi connectivity index (χ1v) is 12.2. The first-order valence-electron chi connectivity index (χ1n) is 10.7. The van der Waals surface area contributed by atoms with Crippen molar-refractivity contribution >= 4 is 15.7 Å². The number of alkyl halides is 7. The lowest BCUT2D eigenvalue weighted by molar-refractivity contribution is -0.348. The number of nitrogens with zero attached hydrogens (tertiary/aromatic N) is 1. The maximum absolute atomic E-state index is 14.7. The van der Waals surface area contributed by atoms with Gasteiger partial charge < -0.3 is 4.90 Å². The molecule has 0 unspecified atom stereocenters. The number of carbonyl (C=O) groups is 1. The molecule has 0 aromatic heterocycles. The van der Waals surface area contributed by atoms with E-state index in [0.717, 1.165) is 30.3 Å². The molecule has 1 heterocycles. The van der Waals surface area contributed by atoms with Crippen LogP contribution in [0.5, 0.6) is 0 Å². The molecule has 1 aliphatic heterocycles. The van der Waals surface area contributed by atoms with E-state index in [4.69, 9.17) is 0 Å². The van der Waals surface area contributed by atoms with E-state index in [9.17, 15) is 48.3 Å². The lowest BCUT2D eigenvalue weighted by Gasteiger charge is -2.43. The number of rotatable bonds is 3. The Morgan fingerprint density at radius 3 is 2.08 bits per heavy atom. The maximum Gasteiger partial charge on any atom is 0.435 e. The van der Waals surface area contributed by atoms with Crippen molar-refractivity contribution in [3.8, 4) is 0 Å². The molecule has 4 rings (SSSR count). The van der Waals surface area contributed by atoms with E-state index in [-0.39, 0.29) is 41.8 Å². The van der Waals surface area contributed by atoms with E-state index in [1.54, 1.807) is 0 Å². The van der Waals surface area contributed by atoms with E-state index >= 15 is 0 Å². The smallest absolute Gasteiger partial charge is 0.338 e. The number of hydrogen-bond acceptors (Lipinski definition) is 3. The summed E-state index contributed by atoms with van der Waals surface area (Å²) >= 11 is 0. The summed E-state index contributed by atoms with van der Waals surface area (Å²) in [5.74, 6) is -1.19. The highest BCUT2D eigenvalue weighted by Crippen LogP contribution is 2.56. The number of likely N-dealkylation sites (tertiary alicyclic amines) is 1. The predicted octanol–water partition coefficient (Wildman–Crippen LogP) is 5.35. The van der Waals surface area contributed by atoms with Crippen molar-refractivity contribution in [2.45, 2.75) is 59.9 Å². The number of sulfone groups is 1. The van der Waals surface area contributed by atoms with Crippen LogP contribution in [0.25, 0.3) is 0 Å². The molecule has 1 fully saturated rings. The molecular weight excluding hydrogens is 522 g/mol. The summed E-state index contributed by atoms with van der Waals surface area (Å²) in [6.45, 7) is 1.17. The molecule has 1 saturated heterocycles. The van der Waals surface area contributed by atoms with Gasteiger partial charge in [-0.1, -0.05) is 18.2 Å². The van der Waals surface area contributed by atoms with Gasteiger partial charge in [-0.15, -0.1) is 0 Å². The van der Waals surface area contributed by atoms with E-state index < -0.39 is 55.9 Å². The Balaban J connectivity index is 1.97. The quantitative estimate of drug-likeness (QED) is 0.389. The van der Waals surface area contributed by atoms with Gasteiger partial charge in [0.05, 0.1) is 10.9 Å². The molecule has 1 amide bonds. The monoisotopic (exact) mass is 541 g/mol. The summed E-state index contributed by atoms with van der Waals surface area (Å²) in [7, 11) is -4.46. The van der Waals surface area contributed by atoms with E-state index in [1.165, 1.54) is 11.8 Å².